The molecule has 0 spiro atoms. The Hall–Kier alpha value is -1.00. The van der Waals surface area contributed by atoms with Crippen LogP contribution in [0.1, 0.15) is 37.8 Å². The van der Waals surface area contributed by atoms with Gasteiger partial charge in [-0.25, -0.2) is 8.78 Å². The number of hydrogen-bond donors (Lipinski definition) is 1. The lowest BCUT2D eigenvalue weighted by Gasteiger charge is -2.40. The highest BCUT2D eigenvalue weighted by atomic mass is 19.1. The van der Waals surface area contributed by atoms with Gasteiger partial charge in [-0.05, 0) is 45.5 Å². The van der Waals surface area contributed by atoms with Gasteiger partial charge in [-0.2, -0.15) is 0 Å². The fourth-order valence-electron chi connectivity index (χ4n) is 3.06. The number of hydrogen-bond acceptors (Lipinski definition) is 2. The molecule has 0 bridgehead atoms. The second-order valence-electron chi connectivity index (χ2n) is 5.26. The molecule has 19 heavy (non-hydrogen) atoms. The second kappa shape index (κ2) is 6.44. The van der Waals surface area contributed by atoms with E-state index in [4.69, 9.17) is 0 Å². The highest BCUT2D eigenvalue weighted by Crippen LogP contribution is 2.31. The molecule has 0 saturated carbocycles. The highest BCUT2D eigenvalue weighted by molar-refractivity contribution is 5.23. The Morgan fingerprint density at radius 1 is 1.32 bits per heavy atom. The molecule has 0 aromatic heterocycles. The normalized spacial score (nSPS) is 22.4. The zero-order valence-corrected chi connectivity index (χ0v) is 11.6. The quantitative estimate of drug-likeness (QED) is 0.902. The lowest BCUT2D eigenvalue weighted by molar-refractivity contribution is 0.0992. The van der Waals surface area contributed by atoms with Crippen LogP contribution >= 0.6 is 0 Å². The van der Waals surface area contributed by atoms with Gasteiger partial charge in [0, 0.05) is 24.2 Å². The first-order valence-corrected chi connectivity index (χ1v) is 6.99. The molecule has 2 atom stereocenters. The van der Waals surface area contributed by atoms with Crippen molar-refractivity contribution in [2.24, 2.45) is 0 Å². The number of halogens is 2. The van der Waals surface area contributed by atoms with E-state index in [2.05, 4.69) is 10.2 Å². The maximum atomic E-state index is 13.9. The van der Waals surface area contributed by atoms with E-state index in [1.54, 1.807) is 0 Å². The topological polar surface area (TPSA) is 15.3 Å². The van der Waals surface area contributed by atoms with Gasteiger partial charge in [-0.1, -0.05) is 12.5 Å². The molecule has 0 aliphatic carbocycles. The number of rotatable bonds is 4. The Kier molecular flexibility index (Phi) is 4.88. The molecule has 1 fully saturated rings. The molecule has 2 nitrogen and oxygen atoms in total. The molecule has 0 amide bonds. The van der Waals surface area contributed by atoms with Crippen LogP contribution in [0.4, 0.5) is 8.78 Å². The summed E-state index contributed by atoms with van der Waals surface area (Å²) >= 11 is 0. The summed E-state index contributed by atoms with van der Waals surface area (Å²) in [6.45, 7) is 3.66. The average Bonchev–Trinajstić information content (AvgIpc) is 2.39. The van der Waals surface area contributed by atoms with Gasteiger partial charge in [0.25, 0.3) is 0 Å². The molecule has 2 rings (SSSR count). The van der Waals surface area contributed by atoms with Crippen molar-refractivity contribution in [2.75, 3.05) is 20.1 Å². The third-order valence-electron chi connectivity index (χ3n) is 4.03. The molecular weight excluding hydrogens is 246 g/mol. The van der Waals surface area contributed by atoms with Crippen LogP contribution in [0, 0.1) is 11.6 Å². The van der Waals surface area contributed by atoms with Crippen LogP contribution in [0.5, 0.6) is 0 Å². The smallest absolute Gasteiger partial charge is 0.130 e. The van der Waals surface area contributed by atoms with E-state index in [1.165, 1.54) is 24.6 Å². The Morgan fingerprint density at radius 2 is 2.00 bits per heavy atom. The average molecular weight is 268 g/mol. The summed E-state index contributed by atoms with van der Waals surface area (Å²) in [6.07, 6.45) is 3.37. The zero-order chi connectivity index (χ0) is 13.8. The molecule has 2 unspecified atom stereocenters. The predicted molar refractivity (Wildman–Crippen MR) is 73.0 cm³/mol. The van der Waals surface area contributed by atoms with Crippen LogP contribution < -0.4 is 5.32 Å². The van der Waals surface area contributed by atoms with Gasteiger partial charge in [0.05, 0.1) is 0 Å². The van der Waals surface area contributed by atoms with Crippen molar-refractivity contribution in [3.8, 4) is 0 Å². The summed E-state index contributed by atoms with van der Waals surface area (Å²) in [7, 11) is 1.92. The Morgan fingerprint density at radius 3 is 2.63 bits per heavy atom. The molecule has 106 valence electrons. The van der Waals surface area contributed by atoms with Crippen molar-refractivity contribution in [2.45, 2.75) is 38.3 Å². The van der Waals surface area contributed by atoms with Crippen LogP contribution in [0.3, 0.4) is 0 Å². The van der Waals surface area contributed by atoms with Crippen molar-refractivity contribution in [1.82, 2.24) is 10.2 Å². The Balaban J connectivity index is 2.23. The Bertz CT molecular complexity index is 400. The van der Waals surface area contributed by atoms with Crippen molar-refractivity contribution < 1.29 is 8.78 Å². The first-order chi connectivity index (χ1) is 9.15. The van der Waals surface area contributed by atoms with E-state index in [-0.39, 0.29) is 11.6 Å². The lowest BCUT2D eigenvalue weighted by Crippen LogP contribution is -2.46. The van der Waals surface area contributed by atoms with Crippen LogP contribution in [-0.4, -0.2) is 31.1 Å². The highest BCUT2D eigenvalue weighted by Gasteiger charge is 2.29. The lowest BCUT2D eigenvalue weighted by atomic mass is 9.96. The number of likely N-dealkylation sites (tertiary alicyclic amines) is 1. The minimum Gasteiger partial charge on any atom is -0.318 e. The number of piperidine rings is 1. The van der Waals surface area contributed by atoms with E-state index in [0.717, 1.165) is 25.9 Å². The summed E-state index contributed by atoms with van der Waals surface area (Å²) in [5.41, 5.74) is 0.200. The van der Waals surface area contributed by atoms with Crippen molar-refractivity contribution >= 4 is 0 Å². The van der Waals surface area contributed by atoms with Gasteiger partial charge < -0.3 is 5.32 Å². The van der Waals surface area contributed by atoms with Crippen LogP contribution in [0.25, 0.3) is 0 Å². The second-order valence-corrected chi connectivity index (χ2v) is 5.26. The third-order valence-corrected chi connectivity index (χ3v) is 4.03. The van der Waals surface area contributed by atoms with Crippen LogP contribution in [0.2, 0.25) is 0 Å². The molecule has 1 N–H and O–H groups in total. The molecule has 1 aliphatic heterocycles. The zero-order valence-electron chi connectivity index (χ0n) is 11.6. The molecule has 1 aliphatic rings. The molecule has 4 heteroatoms. The van der Waals surface area contributed by atoms with Gasteiger partial charge >= 0.3 is 0 Å². The van der Waals surface area contributed by atoms with E-state index < -0.39 is 11.6 Å². The summed E-state index contributed by atoms with van der Waals surface area (Å²) in [6, 6.07) is 4.23. The molecule has 1 heterocycles. The maximum Gasteiger partial charge on any atom is 0.130 e. The third kappa shape index (κ3) is 3.12. The summed E-state index contributed by atoms with van der Waals surface area (Å²) in [4.78, 5) is 2.22. The van der Waals surface area contributed by atoms with E-state index in [1.807, 2.05) is 14.0 Å². The van der Waals surface area contributed by atoms with Crippen LogP contribution in [0.15, 0.2) is 18.2 Å². The van der Waals surface area contributed by atoms with Gasteiger partial charge in [0.15, 0.2) is 0 Å². The number of nitrogens with zero attached hydrogens (tertiary/aromatic N) is 1. The summed E-state index contributed by atoms with van der Waals surface area (Å²) in [5, 5.41) is 3.17. The van der Waals surface area contributed by atoms with E-state index in [0.29, 0.717) is 6.04 Å². The standard InChI is InChI=1S/C15H22F2N2/c1-11(15-13(16)7-5-8-14(15)17)19-9-4-3-6-12(19)10-18-2/h5,7-8,11-12,18H,3-4,6,9-10H2,1-2H3. The molecule has 1 aromatic rings. The molecule has 1 aromatic carbocycles. The molecule has 1 saturated heterocycles. The summed E-state index contributed by atoms with van der Waals surface area (Å²) < 4.78 is 27.8. The molecular formula is C15H22F2N2. The number of likely N-dealkylation sites (N-methyl/N-ethyl adjacent to an activating group) is 1. The number of nitrogens with one attached hydrogen (secondary N) is 1. The van der Waals surface area contributed by atoms with Crippen molar-refractivity contribution in [3.05, 3.63) is 35.4 Å². The number of benzene rings is 1. The van der Waals surface area contributed by atoms with Crippen molar-refractivity contribution in [1.29, 1.82) is 0 Å². The van der Waals surface area contributed by atoms with E-state index >= 15 is 0 Å². The van der Waals surface area contributed by atoms with Gasteiger partial charge in [-0.3, -0.25) is 4.90 Å². The first-order valence-electron chi connectivity index (χ1n) is 6.99. The monoisotopic (exact) mass is 268 g/mol. The maximum absolute atomic E-state index is 13.9. The Labute approximate surface area is 113 Å². The van der Waals surface area contributed by atoms with E-state index in [9.17, 15) is 8.78 Å². The predicted octanol–water partition coefficient (Wildman–Crippen LogP) is 3.10. The minimum atomic E-state index is -0.443. The SMILES string of the molecule is CNCC1CCCCN1C(C)c1c(F)cccc1F. The van der Waals surface area contributed by atoms with Gasteiger partial charge in [-0.15, -0.1) is 0 Å². The largest absolute Gasteiger partial charge is 0.318 e. The minimum absolute atomic E-state index is 0.200. The van der Waals surface area contributed by atoms with Crippen molar-refractivity contribution in [3.63, 3.8) is 0 Å². The first kappa shape index (κ1) is 14.4. The fraction of sp³-hybridized carbons (Fsp3) is 0.600. The van der Waals surface area contributed by atoms with Gasteiger partial charge in [0.2, 0.25) is 0 Å². The van der Waals surface area contributed by atoms with Gasteiger partial charge in [0.1, 0.15) is 11.6 Å². The molecule has 0 radical (unpaired) electrons. The fourth-order valence-corrected chi connectivity index (χ4v) is 3.06. The summed E-state index contributed by atoms with van der Waals surface area (Å²) in [5.74, 6) is -0.887. The van der Waals surface area contributed by atoms with Crippen LogP contribution in [-0.2, 0) is 0 Å².